The van der Waals surface area contributed by atoms with Crippen LogP contribution in [0.4, 0.5) is 0 Å². The molecule has 6 heteroatoms. The second-order valence-corrected chi connectivity index (χ2v) is 7.49. The number of fused-ring (bicyclic) bond motifs is 4. The van der Waals surface area contributed by atoms with Crippen LogP contribution >= 0.6 is 15.9 Å². The van der Waals surface area contributed by atoms with Crippen LogP contribution in [0.3, 0.4) is 0 Å². The van der Waals surface area contributed by atoms with Gasteiger partial charge in [-0.25, -0.2) is 13.6 Å². The highest BCUT2D eigenvalue weighted by Gasteiger charge is 2.24. The number of nitrogens with zero attached hydrogens (tertiary/aromatic N) is 2. The molecule has 6 rings (SSSR count). The molecule has 3 aromatic carbocycles. The molecule has 0 aliphatic rings. The fourth-order valence-electron chi connectivity index (χ4n) is 4.23. The Bertz CT molecular complexity index is 1750. The highest BCUT2D eigenvalue weighted by molar-refractivity contribution is 9.10. The number of imidazole rings is 1. The van der Waals surface area contributed by atoms with E-state index in [0.717, 1.165) is 34.8 Å². The second-order valence-electron chi connectivity index (χ2n) is 6.63. The summed E-state index contributed by atoms with van der Waals surface area (Å²) in [4.78, 5) is 39.3. The average molecular weight is 417 g/mol. The summed E-state index contributed by atoms with van der Waals surface area (Å²) in [6, 6.07) is 16.3. The van der Waals surface area contributed by atoms with E-state index < -0.39 is 16.8 Å². The van der Waals surface area contributed by atoms with Crippen molar-refractivity contribution in [1.82, 2.24) is 8.80 Å². The van der Waals surface area contributed by atoms with Gasteiger partial charge in [0, 0.05) is 26.0 Å². The fraction of sp³-hybridized carbons (Fsp3) is 0. The summed E-state index contributed by atoms with van der Waals surface area (Å²) in [6.45, 7) is 0. The molecule has 0 spiro atoms. The van der Waals surface area contributed by atoms with Crippen molar-refractivity contribution in [2.75, 3.05) is 0 Å². The van der Waals surface area contributed by atoms with Gasteiger partial charge in [-0.2, -0.15) is 0 Å². The fourth-order valence-corrected chi connectivity index (χ4v) is 4.86. The van der Waals surface area contributed by atoms with E-state index in [4.69, 9.17) is 0 Å². The summed E-state index contributed by atoms with van der Waals surface area (Å²) in [7, 11) is 0. The molecule has 0 bridgehead atoms. The lowest BCUT2D eigenvalue weighted by Crippen LogP contribution is -2.30. The van der Waals surface area contributed by atoms with Gasteiger partial charge in [0.1, 0.15) is 0 Å². The zero-order valence-electron chi connectivity index (χ0n) is 13.7. The number of benzene rings is 3. The third-order valence-corrected chi connectivity index (χ3v) is 5.96. The monoisotopic (exact) mass is 416 g/mol. The van der Waals surface area contributed by atoms with Gasteiger partial charge in [-0.1, -0.05) is 52.3 Å². The van der Waals surface area contributed by atoms with Crippen molar-refractivity contribution < 1.29 is 0 Å². The molecule has 3 heterocycles. The van der Waals surface area contributed by atoms with Crippen LogP contribution < -0.4 is 16.8 Å². The molecule has 3 aromatic heterocycles. The Morgan fingerprint density at radius 3 is 1.81 bits per heavy atom. The molecule has 0 unspecified atom stereocenters. The zero-order valence-corrected chi connectivity index (χ0v) is 15.3. The van der Waals surface area contributed by atoms with Crippen molar-refractivity contribution in [3.05, 3.63) is 90.3 Å². The van der Waals surface area contributed by atoms with E-state index in [9.17, 15) is 14.4 Å². The molecule has 0 fully saturated rings. The molecular formula is C21H9BrN2O3. The number of hydrogen-bond donors (Lipinski definition) is 0. The molecule has 0 saturated heterocycles. The minimum absolute atomic E-state index is 0.404. The largest absolute Gasteiger partial charge is 0.343 e. The van der Waals surface area contributed by atoms with Crippen LogP contribution in [0, 0.1) is 0 Å². The number of hydrogen-bond acceptors (Lipinski definition) is 3. The standard InChI is InChI=1S/C21H9BrN2O3/c22-15-9-14-10-5-1-3-7-12(10)19(25)23-17(14)18-16(15)11-6-2-4-8-13(11)20(26)24(18)21(23)27/h1-9H. The van der Waals surface area contributed by atoms with Crippen LogP contribution in [0.5, 0.6) is 0 Å². The minimum atomic E-state index is -0.621. The summed E-state index contributed by atoms with van der Waals surface area (Å²) in [5, 5.41) is 3.94. The van der Waals surface area contributed by atoms with Gasteiger partial charge >= 0.3 is 5.69 Å². The van der Waals surface area contributed by atoms with Crippen molar-refractivity contribution in [3.63, 3.8) is 0 Å². The van der Waals surface area contributed by atoms with Crippen LogP contribution in [-0.2, 0) is 0 Å². The van der Waals surface area contributed by atoms with Gasteiger partial charge in [-0.05, 0) is 29.0 Å². The SMILES string of the molecule is O=c1c2ccccc2c2cc(Br)c3c4ccccc4c(=O)n4c(=O)n1c2c34. The third-order valence-electron chi connectivity index (χ3n) is 5.34. The summed E-state index contributed by atoms with van der Waals surface area (Å²) >= 11 is 3.63. The Kier molecular flexibility index (Phi) is 2.60. The van der Waals surface area contributed by atoms with Crippen LogP contribution in [0.1, 0.15) is 0 Å². The lowest BCUT2D eigenvalue weighted by atomic mass is 10.0. The molecule has 0 saturated carbocycles. The Morgan fingerprint density at radius 2 is 1.15 bits per heavy atom. The van der Waals surface area contributed by atoms with E-state index in [0.29, 0.717) is 21.8 Å². The van der Waals surface area contributed by atoms with Gasteiger partial charge in [0.15, 0.2) is 0 Å². The molecule has 0 N–H and O–H groups in total. The molecular weight excluding hydrogens is 408 g/mol. The molecule has 128 valence electrons. The quantitative estimate of drug-likeness (QED) is 0.356. The Hall–Kier alpha value is -3.25. The predicted octanol–water partition coefficient (Wildman–Crippen LogP) is 3.37. The van der Waals surface area contributed by atoms with Gasteiger partial charge in [0.2, 0.25) is 0 Å². The number of pyridine rings is 2. The highest BCUT2D eigenvalue weighted by Crippen LogP contribution is 2.37. The maximum absolute atomic E-state index is 13.1. The van der Waals surface area contributed by atoms with Gasteiger partial charge in [0.05, 0.1) is 11.0 Å². The number of halogens is 1. The van der Waals surface area contributed by atoms with E-state index in [-0.39, 0.29) is 0 Å². The molecule has 0 amide bonds. The molecule has 0 aliphatic heterocycles. The lowest BCUT2D eigenvalue weighted by molar-refractivity contribution is 0.958. The molecule has 0 radical (unpaired) electrons. The maximum atomic E-state index is 13.1. The second kappa shape index (κ2) is 4.72. The predicted molar refractivity (Wildman–Crippen MR) is 110 cm³/mol. The summed E-state index contributed by atoms with van der Waals surface area (Å²) in [6.07, 6.45) is 0. The first-order valence-corrected chi connectivity index (χ1v) is 9.17. The van der Waals surface area contributed by atoms with E-state index in [1.807, 2.05) is 30.3 Å². The Balaban J connectivity index is 2.18. The highest BCUT2D eigenvalue weighted by atomic mass is 79.9. The minimum Gasteiger partial charge on any atom is -0.268 e. The summed E-state index contributed by atoms with van der Waals surface area (Å²) in [5.74, 6) is 0. The lowest BCUT2D eigenvalue weighted by Gasteiger charge is -2.10. The van der Waals surface area contributed by atoms with Crippen molar-refractivity contribution in [3.8, 4) is 0 Å². The molecule has 6 aromatic rings. The van der Waals surface area contributed by atoms with Crippen LogP contribution in [0.15, 0.2) is 73.5 Å². The van der Waals surface area contributed by atoms with E-state index in [1.165, 1.54) is 0 Å². The first kappa shape index (κ1) is 14.9. The Morgan fingerprint density at radius 1 is 0.630 bits per heavy atom. The van der Waals surface area contributed by atoms with Crippen molar-refractivity contribution in [2.45, 2.75) is 0 Å². The topological polar surface area (TPSA) is 60.0 Å². The van der Waals surface area contributed by atoms with Gasteiger partial charge < -0.3 is 0 Å². The van der Waals surface area contributed by atoms with Crippen molar-refractivity contribution in [1.29, 1.82) is 0 Å². The van der Waals surface area contributed by atoms with Gasteiger partial charge in [-0.15, -0.1) is 0 Å². The van der Waals surface area contributed by atoms with Crippen LogP contribution in [-0.4, -0.2) is 8.80 Å². The van der Waals surface area contributed by atoms with E-state index >= 15 is 0 Å². The first-order valence-electron chi connectivity index (χ1n) is 8.38. The third kappa shape index (κ3) is 1.58. The van der Waals surface area contributed by atoms with Crippen LogP contribution in [0.25, 0.3) is 43.4 Å². The van der Waals surface area contributed by atoms with Crippen LogP contribution in [0.2, 0.25) is 0 Å². The van der Waals surface area contributed by atoms with Crippen molar-refractivity contribution >= 4 is 59.3 Å². The first-order chi connectivity index (χ1) is 13.1. The number of aromatic nitrogens is 2. The number of rotatable bonds is 0. The Labute approximate surface area is 158 Å². The van der Waals surface area contributed by atoms with E-state index in [1.54, 1.807) is 24.3 Å². The normalized spacial score (nSPS) is 12.3. The smallest absolute Gasteiger partial charge is 0.268 e. The zero-order chi connectivity index (χ0) is 18.4. The average Bonchev–Trinajstić information content (AvgIpc) is 2.99. The van der Waals surface area contributed by atoms with Gasteiger partial charge in [-0.3, -0.25) is 9.59 Å². The molecule has 5 nitrogen and oxygen atoms in total. The van der Waals surface area contributed by atoms with Gasteiger partial charge in [0.25, 0.3) is 11.1 Å². The molecule has 0 atom stereocenters. The van der Waals surface area contributed by atoms with E-state index in [2.05, 4.69) is 15.9 Å². The molecule has 27 heavy (non-hydrogen) atoms. The summed E-state index contributed by atoms with van der Waals surface area (Å²) < 4.78 is 3.04. The van der Waals surface area contributed by atoms with Crippen molar-refractivity contribution in [2.24, 2.45) is 0 Å². The maximum Gasteiger partial charge on any atom is 0.343 e. The molecule has 0 aliphatic carbocycles. The summed E-state index contributed by atoms with van der Waals surface area (Å²) in [5.41, 5.74) is -0.459.